The minimum atomic E-state index is 0.114. The van der Waals surface area contributed by atoms with E-state index in [4.69, 9.17) is 5.73 Å². The van der Waals surface area contributed by atoms with Gasteiger partial charge in [-0.1, -0.05) is 0 Å². The average molecular weight is 352 g/mol. The largest absolute Gasteiger partial charge is 0.398 e. The summed E-state index contributed by atoms with van der Waals surface area (Å²) in [6.45, 7) is 3.70. The molecule has 0 bridgehead atoms. The third-order valence-corrected chi connectivity index (χ3v) is 4.51. The van der Waals surface area contributed by atoms with Crippen LogP contribution in [0.2, 0.25) is 0 Å². The molecule has 0 saturated carbocycles. The van der Waals surface area contributed by atoms with Crippen LogP contribution >= 0.6 is 15.9 Å². The molecule has 0 spiro atoms. The Bertz CT molecular complexity index is 636. The summed E-state index contributed by atoms with van der Waals surface area (Å²) in [5.74, 6) is 0.114. The fourth-order valence-corrected chi connectivity index (χ4v) is 2.82. The third-order valence-electron chi connectivity index (χ3n) is 3.82. The maximum Gasteiger partial charge on any atom is 0.244 e. The van der Waals surface area contributed by atoms with Gasteiger partial charge in [0.15, 0.2) is 0 Å². The number of carbonyl (C=O) groups is 1. The summed E-state index contributed by atoms with van der Waals surface area (Å²) in [6.07, 6.45) is 1.87. The van der Waals surface area contributed by atoms with Gasteiger partial charge in [0.1, 0.15) is 6.54 Å². The molecule has 1 aromatic carbocycles. The van der Waals surface area contributed by atoms with E-state index < -0.39 is 0 Å². The molecule has 1 saturated heterocycles. The van der Waals surface area contributed by atoms with E-state index in [0.717, 1.165) is 41.6 Å². The van der Waals surface area contributed by atoms with Crippen LogP contribution in [-0.4, -0.2) is 58.7 Å². The maximum atomic E-state index is 12.3. The quantitative estimate of drug-likeness (QED) is 0.824. The molecular weight excluding hydrogens is 334 g/mol. The number of hydrogen-bond acceptors (Lipinski definition) is 4. The highest BCUT2D eigenvalue weighted by atomic mass is 79.9. The number of benzene rings is 1. The lowest BCUT2D eigenvalue weighted by molar-refractivity contribution is -0.133. The summed E-state index contributed by atoms with van der Waals surface area (Å²) in [5.41, 5.74) is 7.37. The number of likely N-dealkylation sites (N-methyl/N-ethyl adjacent to an activating group) is 1. The number of nitrogens with zero attached hydrogens (tertiary/aromatic N) is 4. The lowest BCUT2D eigenvalue weighted by Gasteiger charge is -2.32. The first-order chi connectivity index (χ1) is 10.0. The van der Waals surface area contributed by atoms with Gasteiger partial charge >= 0.3 is 0 Å². The van der Waals surface area contributed by atoms with Crippen LogP contribution in [0.25, 0.3) is 10.9 Å². The molecule has 6 nitrogen and oxygen atoms in total. The van der Waals surface area contributed by atoms with Crippen molar-refractivity contribution >= 4 is 38.4 Å². The lowest BCUT2D eigenvalue weighted by atomic mass is 10.2. The lowest BCUT2D eigenvalue weighted by Crippen LogP contribution is -2.48. The van der Waals surface area contributed by atoms with Gasteiger partial charge in [-0.15, -0.1) is 0 Å². The zero-order valence-corrected chi connectivity index (χ0v) is 13.5. The molecule has 2 aromatic rings. The first kappa shape index (κ1) is 14.3. The second kappa shape index (κ2) is 5.65. The minimum Gasteiger partial charge on any atom is -0.398 e. The molecule has 0 aliphatic carbocycles. The molecule has 1 amide bonds. The van der Waals surface area contributed by atoms with E-state index in [1.165, 1.54) is 0 Å². The number of nitrogens with two attached hydrogens (primary N) is 1. The Kier molecular flexibility index (Phi) is 3.86. The molecule has 0 radical (unpaired) electrons. The van der Waals surface area contributed by atoms with E-state index in [2.05, 4.69) is 33.0 Å². The van der Waals surface area contributed by atoms with Crippen LogP contribution in [-0.2, 0) is 11.3 Å². The Hall–Kier alpha value is -1.60. The highest BCUT2D eigenvalue weighted by Crippen LogP contribution is 2.25. The first-order valence-corrected chi connectivity index (χ1v) is 7.71. The van der Waals surface area contributed by atoms with Crippen LogP contribution in [0.4, 0.5) is 5.69 Å². The average Bonchev–Trinajstić information content (AvgIpc) is 2.81. The molecule has 1 fully saturated rings. The highest BCUT2D eigenvalue weighted by Gasteiger charge is 2.19. The summed E-state index contributed by atoms with van der Waals surface area (Å²) in [7, 11) is 2.07. The molecule has 7 heteroatoms. The molecule has 1 aliphatic rings. The number of anilines is 1. The Labute approximate surface area is 131 Å². The van der Waals surface area contributed by atoms with E-state index in [0.29, 0.717) is 5.69 Å². The van der Waals surface area contributed by atoms with Crippen molar-refractivity contribution in [2.45, 2.75) is 6.54 Å². The Morgan fingerprint density at radius 3 is 2.76 bits per heavy atom. The second-order valence-corrected chi connectivity index (χ2v) is 6.30. The topological polar surface area (TPSA) is 67.4 Å². The van der Waals surface area contributed by atoms with Crippen LogP contribution in [0.5, 0.6) is 0 Å². The van der Waals surface area contributed by atoms with Gasteiger partial charge in [-0.2, -0.15) is 5.10 Å². The second-order valence-electron chi connectivity index (χ2n) is 5.44. The molecule has 1 aromatic heterocycles. The van der Waals surface area contributed by atoms with Crippen molar-refractivity contribution in [2.24, 2.45) is 0 Å². The van der Waals surface area contributed by atoms with E-state index >= 15 is 0 Å². The number of fused-ring (bicyclic) bond motifs is 1. The molecule has 2 N–H and O–H groups in total. The summed E-state index contributed by atoms with van der Waals surface area (Å²) < 4.78 is 2.52. The molecule has 2 heterocycles. The van der Waals surface area contributed by atoms with Crippen LogP contribution in [0.15, 0.2) is 22.8 Å². The summed E-state index contributed by atoms with van der Waals surface area (Å²) in [5, 5.41) is 5.38. The molecule has 0 unspecified atom stereocenters. The summed E-state index contributed by atoms with van der Waals surface area (Å²) >= 11 is 3.39. The van der Waals surface area contributed by atoms with Crippen molar-refractivity contribution < 1.29 is 4.79 Å². The Balaban J connectivity index is 1.74. The number of amides is 1. The molecule has 0 atom stereocenters. The van der Waals surface area contributed by atoms with Gasteiger partial charge in [0, 0.05) is 47.9 Å². The van der Waals surface area contributed by atoms with E-state index in [1.54, 1.807) is 4.68 Å². The van der Waals surface area contributed by atoms with E-state index in [1.807, 2.05) is 23.2 Å². The fraction of sp³-hybridized carbons (Fsp3) is 0.429. The van der Waals surface area contributed by atoms with Crippen LogP contribution in [0.3, 0.4) is 0 Å². The van der Waals surface area contributed by atoms with Crippen molar-refractivity contribution in [2.75, 3.05) is 39.0 Å². The van der Waals surface area contributed by atoms with Gasteiger partial charge < -0.3 is 15.5 Å². The van der Waals surface area contributed by atoms with Crippen molar-refractivity contribution in [3.8, 4) is 0 Å². The van der Waals surface area contributed by atoms with Gasteiger partial charge in [0.2, 0.25) is 5.91 Å². The molecule has 21 heavy (non-hydrogen) atoms. The number of halogens is 1. The van der Waals surface area contributed by atoms with Gasteiger partial charge in [-0.05, 0) is 35.1 Å². The number of carbonyl (C=O) groups excluding carboxylic acids is 1. The first-order valence-electron chi connectivity index (χ1n) is 6.91. The molecule has 3 rings (SSSR count). The number of piperazine rings is 1. The maximum absolute atomic E-state index is 12.3. The standard InChI is InChI=1S/C14H18BrN5O/c1-18-2-4-19(5-3-18)14(21)9-20-8-10-6-12(16)11(15)7-13(10)17-20/h6-8H,2-5,9,16H2,1H3. The fourth-order valence-electron chi connectivity index (χ4n) is 2.49. The number of hydrogen-bond donors (Lipinski definition) is 1. The van der Waals surface area contributed by atoms with Crippen LogP contribution in [0, 0.1) is 0 Å². The normalized spacial score (nSPS) is 16.6. The van der Waals surface area contributed by atoms with Crippen molar-refractivity contribution in [1.29, 1.82) is 0 Å². The molecular formula is C14H18BrN5O. The van der Waals surface area contributed by atoms with Gasteiger partial charge in [0.05, 0.1) is 5.52 Å². The van der Waals surface area contributed by atoms with Gasteiger partial charge in [-0.3, -0.25) is 9.48 Å². The van der Waals surface area contributed by atoms with Gasteiger partial charge in [0.25, 0.3) is 0 Å². The molecule has 1 aliphatic heterocycles. The Morgan fingerprint density at radius 1 is 1.33 bits per heavy atom. The monoisotopic (exact) mass is 351 g/mol. The predicted molar refractivity (Wildman–Crippen MR) is 85.9 cm³/mol. The third kappa shape index (κ3) is 3.03. The number of aromatic nitrogens is 2. The van der Waals surface area contributed by atoms with Crippen LogP contribution in [0.1, 0.15) is 0 Å². The SMILES string of the molecule is CN1CCN(C(=O)Cn2cc3cc(N)c(Br)cc3n2)CC1. The zero-order valence-electron chi connectivity index (χ0n) is 11.9. The van der Waals surface area contributed by atoms with Gasteiger partial charge in [-0.25, -0.2) is 0 Å². The van der Waals surface area contributed by atoms with Crippen molar-refractivity contribution in [1.82, 2.24) is 19.6 Å². The van der Waals surface area contributed by atoms with E-state index in [9.17, 15) is 4.79 Å². The smallest absolute Gasteiger partial charge is 0.244 e. The highest BCUT2D eigenvalue weighted by molar-refractivity contribution is 9.10. The summed E-state index contributed by atoms with van der Waals surface area (Å²) in [6, 6.07) is 3.74. The zero-order chi connectivity index (χ0) is 15.0. The van der Waals surface area contributed by atoms with Crippen molar-refractivity contribution in [3.05, 3.63) is 22.8 Å². The number of rotatable bonds is 2. The van der Waals surface area contributed by atoms with Crippen LogP contribution < -0.4 is 5.73 Å². The minimum absolute atomic E-state index is 0.114. The van der Waals surface area contributed by atoms with E-state index in [-0.39, 0.29) is 12.5 Å². The van der Waals surface area contributed by atoms with Crippen molar-refractivity contribution in [3.63, 3.8) is 0 Å². The number of nitrogen functional groups attached to an aromatic ring is 1. The summed E-state index contributed by atoms with van der Waals surface area (Å²) in [4.78, 5) is 16.4. The Morgan fingerprint density at radius 2 is 2.05 bits per heavy atom. The predicted octanol–water partition coefficient (Wildman–Crippen LogP) is 1.15. The molecule has 112 valence electrons.